The number of thioether (sulfide) groups is 2. The van der Waals surface area contributed by atoms with Gasteiger partial charge in [0, 0.05) is 74.7 Å². The van der Waals surface area contributed by atoms with Gasteiger partial charge in [0.25, 0.3) is 20.0 Å². The molecule has 1 unspecified atom stereocenters. The van der Waals surface area contributed by atoms with Crippen molar-refractivity contribution in [2.45, 2.75) is 133 Å². The van der Waals surface area contributed by atoms with Gasteiger partial charge in [-0.3, -0.25) is 9.59 Å². The number of rotatable bonds is 26. The molecule has 1 atom stereocenters. The Hall–Kier alpha value is -6.76. The molecule has 5 aromatic rings. The number of fused-ring (bicyclic) bond motifs is 2. The number of benzene rings is 6. The molecule has 15 nitrogen and oxygen atoms in total. The first-order valence-corrected chi connectivity index (χ1v) is 33.8. The van der Waals surface area contributed by atoms with E-state index in [4.69, 9.17) is 18.9 Å². The van der Waals surface area contributed by atoms with Gasteiger partial charge >= 0.3 is 12.1 Å². The van der Waals surface area contributed by atoms with Crippen molar-refractivity contribution in [1.82, 2.24) is 9.44 Å². The van der Waals surface area contributed by atoms with Crippen molar-refractivity contribution in [1.29, 1.82) is 0 Å². The Morgan fingerprint density at radius 2 is 1.27 bits per heavy atom. The number of aliphatic hydroxyl groups is 1. The van der Waals surface area contributed by atoms with Gasteiger partial charge in [0.2, 0.25) is 0 Å². The zero-order chi connectivity index (χ0) is 64.6. The predicted molar refractivity (Wildman–Crippen MR) is 338 cm³/mol. The van der Waals surface area contributed by atoms with E-state index >= 15 is 17.6 Å². The maximum atomic E-state index is 16.0. The SMILES string of the molecule is CC(C)c1cccc(C(C)C)c1N=c1ccc2c(-c3ccccc3S(=O)(=O)NS(=O)(=O)c3c(F)c(F)c(SCC(O)COC(=O)NCCOC(=O)CCSCCC(=O)C(C)(C)C)c(F)c3F)c3ccc(Nc4c(C(C)C)cccc4C(C)C)cc3oc-2c1. The fourth-order valence-corrected chi connectivity index (χ4v) is 14.6. The Morgan fingerprint density at radius 1 is 0.682 bits per heavy atom. The molecular formula is C65H74F4N4O11S4. The number of sulfonamides is 2. The number of para-hydroxylation sites is 2. The Kier molecular flexibility index (Phi) is 22.8. The van der Waals surface area contributed by atoms with Crippen molar-refractivity contribution in [2.24, 2.45) is 10.4 Å². The number of halogens is 4. The van der Waals surface area contributed by atoms with E-state index in [0.717, 1.165) is 39.7 Å². The lowest BCUT2D eigenvalue weighted by Crippen LogP contribution is -2.33. The van der Waals surface area contributed by atoms with Crippen LogP contribution in [-0.4, -0.2) is 82.9 Å². The van der Waals surface area contributed by atoms with Gasteiger partial charge in [-0.25, -0.2) is 44.2 Å². The molecule has 0 saturated heterocycles. The summed E-state index contributed by atoms with van der Waals surface area (Å²) >= 11 is 1.44. The number of Topliss-reactive ketones (excluding diaryl/α,β-unsaturated/α-hetero) is 1. The lowest BCUT2D eigenvalue weighted by atomic mass is 9.89. The van der Waals surface area contributed by atoms with E-state index in [9.17, 15) is 36.3 Å². The normalized spacial score (nSPS) is 12.9. The first-order valence-electron chi connectivity index (χ1n) is 28.7. The highest BCUT2D eigenvalue weighted by atomic mass is 32.3. The van der Waals surface area contributed by atoms with Gasteiger partial charge < -0.3 is 29.6 Å². The summed E-state index contributed by atoms with van der Waals surface area (Å²) in [5.41, 5.74) is 6.84. The number of amides is 1. The van der Waals surface area contributed by atoms with Crippen LogP contribution in [0, 0.1) is 28.7 Å². The van der Waals surface area contributed by atoms with E-state index in [1.807, 2.05) is 45.0 Å². The van der Waals surface area contributed by atoms with Crippen molar-refractivity contribution in [3.8, 4) is 22.5 Å². The van der Waals surface area contributed by atoms with Crippen molar-refractivity contribution >= 4 is 89.4 Å². The van der Waals surface area contributed by atoms with Crippen LogP contribution < -0.4 is 20.1 Å². The zero-order valence-electron chi connectivity index (χ0n) is 50.9. The number of nitrogens with one attached hydrogen (secondary N) is 3. The maximum Gasteiger partial charge on any atom is 0.407 e. The van der Waals surface area contributed by atoms with Crippen molar-refractivity contribution in [3.63, 3.8) is 0 Å². The molecule has 23 heteroatoms. The largest absolute Gasteiger partial charge is 0.464 e. The minimum absolute atomic E-state index is 0.0186. The molecule has 2 aliphatic rings. The van der Waals surface area contributed by atoms with E-state index in [1.165, 1.54) is 34.1 Å². The summed E-state index contributed by atoms with van der Waals surface area (Å²) in [6.45, 7) is 21.0. The predicted octanol–water partition coefficient (Wildman–Crippen LogP) is 14.7. The summed E-state index contributed by atoms with van der Waals surface area (Å²) in [7, 11) is -11.5. The molecule has 1 amide bonds. The molecule has 5 aromatic carbocycles. The highest BCUT2D eigenvalue weighted by molar-refractivity contribution is 8.04. The lowest BCUT2D eigenvalue weighted by Gasteiger charge is -2.22. The Labute approximate surface area is 520 Å². The third-order valence-electron chi connectivity index (χ3n) is 14.3. The van der Waals surface area contributed by atoms with E-state index in [2.05, 4.69) is 78.2 Å². The fraction of sp³-hybridized carbons (Fsp3) is 0.385. The topological polar surface area (TPSA) is 220 Å². The number of alkyl carbamates (subject to hydrolysis) is 1. The minimum Gasteiger partial charge on any atom is -0.464 e. The third-order valence-corrected chi connectivity index (χ3v) is 20.0. The van der Waals surface area contributed by atoms with E-state index in [-0.39, 0.29) is 83.3 Å². The van der Waals surface area contributed by atoms with Gasteiger partial charge in [0.15, 0.2) is 28.2 Å². The molecule has 0 aromatic heterocycles. The number of carbonyl (C=O) groups excluding carboxylic acids is 3. The number of aliphatic hydroxyl groups excluding tert-OH is 1. The number of hydrogen-bond donors (Lipinski definition) is 4. The van der Waals surface area contributed by atoms with Gasteiger partial charge in [0.05, 0.1) is 39.9 Å². The molecule has 0 saturated carbocycles. The number of esters is 1. The third kappa shape index (κ3) is 16.5. The van der Waals surface area contributed by atoms with Crippen LogP contribution in [0.4, 0.5) is 39.4 Å². The van der Waals surface area contributed by atoms with Gasteiger partial charge in [-0.15, -0.1) is 15.9 Å². The van der Waals surface area contributed by atoms with Gasteiger partial charge in [0.1, 0.15) is 30.3 Å². The quantitative estimate of drug-likeness (QED) is 0.00990. The summed E-state index contributed by atoms with van der Waals surface area (Å²) in [6.07, 6.45) is -2.33. The second kappa shape index (κ2) is 29.3. The van der Waals surface area contributed by atoms with Crippen molar-refractivity contribution in [2.75, 3.05) is 42.3 Å². The van der Waals surface area contributed by atoms with E-state index in [1.54, 1.807) is 36.4 Å². The fourth-order valence-electron chi connectivity index (χ4n) is 9.66. The molecule has 0 bridgehead atoms. The average Bonchev–Trinajstić information content (AvgIpc) is 0.908. The standard InChI is InChI=1S/C65H74F4N4O11S4/c1-36(2)43-17-14-18-44(37(3)4)60(43)71-40-22-24-47-50(32-40)84-51-33-41(72-61-45(38(5)6)19-15-20-46(61)39(7)8)23-25-48(51)55(47)49-16-12-13-21-52(49)87(78,79)73-88(80,81)63-58(68)56(66)62(57(67)59(63)69)86-35-42(74)34-83-64(77)70-28-29-82-54(76)27-31-85-30-26-53(75)65(9,10)11/h12-25,32-33,36-39,42,71,73-74H,26-31,34-35H2,1-11H3,(H,70,77). The molecule has 0 spiro atoms. The maximum absolute atomic E-state index is 16.0. The van der Waals surface area contributed by atoms with Crippen LogP contribution in [0.2, 0.25) is 0 Å². The van der Waals surface area contributed by atoms with Crippen LogP contribution in [0.5, 0.6) is 0 Å². The van der Waals surface area contributed by atoms with E-state index in [0.29, 0.717) is 39.9 Å². The number of anilines is 2. The molecule has 0 radical (unpaired) electrons. The highest BCUT2D eigenvalue weighted by Gasteiger charge is 2.38. The van der Waals surface area contributed by atoms with Crippen LogP contribution in [0.15, 0.2) is 121 Å². The number of hydrogen-bond acceptors (Lipinski definition) is 15. The Morgan fingerprint density at radius 3 is 1.88 bits per heavy atom. The minimum atomic E-state index is -6.03. The summed E-state index contributed by atoms with van der Waals surface area (Å²) < 4.78 is 139. The number of ketones is 1. The molecule has 1 aliphatic carbocycles. The van der Waals surface area contributed by atoms with Crippen LogP contribution in [0.1, 0.15) is 135 Å². The second-order valence-electron chi connectivity index (χ2n) is 23.3. The van der Waals surface area contributed by atoms with Crippen molar-refractivity contribution < 1.29 is 67.8 Å². The van der Waals surface area contributed by atoms with Crippen LogP contribution in [0.3, 0.4) is 0 Å². The Bertz CT molecular complexity index is 3920. The zero-order valence-corrected chi connectivity index (χ0v) is 54.2. The summed E-state index contributed by atoms with van der Waals surface area (Å²) in [6, 6.07) is 27.8. The summed E-state index contributed by atoms with van der Waals surface area (Å²) in [5.74, 6) is -8.79. The average molecular weight is 1290 g/mol. The van der Waals surface area contributed by atoms with Crippen LogP contribution in [-0.2, 0) is 39.1 Å². The van der Waals surface area contributed by atoms with Crippen molar-refractivity contribution in [3.05, 3.63) is 148 Å². The Balaban J connectivity index is 1.14. The smallest absolute Gasteiger partial charge is 0.407 e. The molecule has 4 N–H and O–H groups in total. The lowest BCUT2D eigenvalue weighted by molar-refractivity contribution is -0.142. The van der Waals surface area contributed by atoms with Gasteiger partial charge in [-0.1, -0.05) is 131 Å². The molecular weight excluding hydrogens is 1220 g/mol. The van der Waals surface area contributed by atoms with E-state index < -0.39 is 93.9 Å². The highest BCUT2D eigenvalue weighted by Crippen LogP contribution is 2.45. The number of nitrogens with zero attached hydrogens (tertiary/aromatic N) is 1. The molecule has 7 rings (SSSR count). The molecule has 88 heavy (non-hydrogen) atoms. The molecule has 472 valence electrons. The molecule has 1 aliphatic heterocycles. The number of ether oxygens (including phenoxy) is 2. The molecule has 0 fully saturated rings. The summed E-state index contributed by atoms with van der Waals surface area (Å²) in [4.78, 5) is 37.1. The molecule has 1 heterocycles. The monoisotopic (exact) mass is 1290 g/mol. The summed E-state index contributed by atoms with van der Waals surface area (Å²) in [5, 5.41) is 17.2. The first kappa shape index (κ1) is 68.7. The van der Waals surface area contributed by atoms with Gasteiger partial charge in [-0.05, 0) is 76.3 Å². The second-order valence-corrected chi connectivity index (χ2v) is 29.1. The van der Waals surface area contributed by atoms with Crippen LogP contribution >= 0.6 is 23.5 Å². The van der Waals surface area contributed by atoms with Crippen LogP contribution in [0.25, 0.3) is 33.4 Å². The first-order chi connectivity index (χ1) is 41.4. The number of carbonyl (C=O) groups is 3. The van der Waals surface area contributed by atoms with Gasteiger partial charge in [-0.2, -0.15) is 11.8 Å².